The van der Waals surface area contributed by atoms with Gasteiger partial charge in [0.25, 0.3) is 11.8 Å². The molecule has 0 spiro atoms. The Balaban J connectivity index is 1.93. The molecule has 0 radical (unpaired) electrons. The number of benzene rings is 1. The van der Waals surface area contributed by atoms with Crippen LogP contribution in [0.5, 0.6) is 5.75 Å². The molecule has 0 fully saturated rings. The van der Waals surface area contributed by atoms with Crippen LogP contribution in [0, 0.1) is 5.21 Å². The first-order valence-corrected chi connectivity index (χ1v) is 7.02. The summed E-state index contributed by atoms with van der Waals surface area (Å²) in [4.78, 5) is 23.8. The fraction of sp³-hybridized carbons (Fsp3) is 0.188. The molecule has 120 valence electrons. The Morgan fingerprint density at radius 2 is 1.65 bits per heavy atom. The number of amides is 2. The van der Waals surface area contributed by atoms with Crippen molar-refractivity contribution in [3.05, 3.63) is 65.1 Å². The molecule has 1 aromatic heterocycles. The number of nitrogens with zero attached hydrogens (tertiary/aromatic N) is 1. The Morgan fingerprint density at radius 3 is 2.22 bits per heavy atom. The number of rotatable bonds is 4. The van der Waals surface area contributed by atoms with Gasteiger partial charge in [0.1, 0.15) is 11.3 Å². The zero-order valence-corrected chi connectivity index (χ0v) is 12.8. The van der Waals surface area contributed by atoms with Crippen molar-refractivity contribution in [1.82, 2.24) is 10.9 Å². The van der Waals surface area contributed by atoms with Gasteiger partial charge in [0.2, 0.25) is 0 Å². The normalized spacial score (nSPS) is 10.2. The van der Waals surface area contributed by atoms with Crippen LogP contribution in [0.15, 0.2) is 48.8 Å². The summed E-state index contributed by atoms with van der Waals surface area (Å²) >= 11 is 0. The molecule has 2 rings (SSSR count). The largest absolute Gasteiger partial charge is 0.619 e. The molecular formula is C16H17N3O4. The first-order valence-electron chi connectivity index (χ1n) is 7.02. The third kappa shape index (κ3) is 4.70. The van der Waals surface area contributed by atoms with Crippen molar-refractivity contribution in [2.45, 2.75) is 20.0 Å². The third-order valence-electron chi connectivity index (χ3n) is 2.82. The molecule has 0 aliphatic heterocycles. The highest BCUT2D eigenvalue weighted by Gasteiger charge is 2.11. The van der Waals surface area contributed by atoms with Gasteiger partial charge in [-0.3, -0.25) is 20.4 Å². The molecule has 0 atom stereocenters. The minimum Gasteiger partial charge on any atom is -0.619 e. The molecule has 2 N–H and O–H groups in total. The van der Waals surface area contributed by atoms with Crippen LogP contribution >= 0.6 is 0 Å². The van der Waals surface area contributed by atoms with Crippen LogP contribution in [0.4, 0.5) is 0 Å². The van der Waals surface area contributed by atoms with Crippen LogP contribution in [-0.2, 0) is 0 Å². The van der Waals surface area contributed by atoms with E-state index in [9.17, 15) is 14.8 Å². The molecule has 2 aromatic rings. The second kappa shape index (κ2) is 7.26. The first kappa shape index (κ1) is 16.3. The third-order valence-corrected chi connectivity index (χ3v) is 2.82. The van der Waals surface area contributed by atoms with Crippen molar-refractivity contribution in [2.24, 2.45) is 0 Å². The van der Waals surface area contributed by atoms with Crippen molar-refractivity contribution >= 4 is 11.8 Å². The standard InChI is InChI=1S/C16H17N3O4/c1-11(2)23-14-7-5-12(6-8-14)15(20)17-18-16(21)13-4-3-9-19(22)10-13/h3-11H,1-2H3,(H,17,20)(H,18,21). The van der Waals surface area contributed by atoms with Crippen LogP contribution in [0.1, 0.15) is 34.6 Å². The first-order chi connectivity index (χ1) is 11.0. The average Bonchev–Trinajstić information content (AvgIpc) is 2.52. The zero-order valence-electron chi connectivity index (χ0n) is 12.8. The molecule has 23 heavy (non-hydrogen) atoms. The van der Waals surface area contributed by atoms with E-state index in [1.807, 2.05) is 13.8 Å². The second-order valence-electron chi connectivity index (χ2n) is 5.05. The lowest BCUT2D eigenvalue weighted by Gasteiger charge is -2.10. The van der Waals surface area contributed by atoms with Gasteiger partial charge < -0.3 is 9.94 Å². The van der Waals surface area contributed by atoms with Gasteiger partial charge in [-0.2, -0.15) is 4.73 Å². The number of hydrazine groups is 1. The van der Waals surface area contributed by atoms with Gasteiger partial charge >= 0.3 is 0 Å². The van der Waals surface area contributed by atoms with Gasteiger partial charge in [-0.25, -0.2) is 0 Å². The second-order valence-corrected chi connectivity index (χ2v) is 5.05. The van der Waals surface area contributed by atoms with Gasteiger partial charge in [0.15, 0.2) is 12.4 Å². The van der Waals surface area contributed by atoms with Crippen LogP contribution in [0.3, 0.4) is 0 Å². The van der Waals surface area contributed by atoms with Gasteiger partial charge in [-0.05, 0) is 44.2 Å². The van der Waals surface area contributed by atoms with Gasteiger partial charge in [-0.1, -0.05) is 0 Å². The summed E-state index contributed by atoms with van der Waals surface area (Å²) in [6.45, 7) is 3.82. The SMILES string of the molecule is CC(C)Oc1ccc(C(=O)NNC(=O)c2ccc[n+]([O-])c2)cc1. The molecular weight excluding hydrogens is 298 g/mol. The van der Waals surface area contributed by atoms with E-state index in [0.29, 0.717) is 16.0 Å². The number of pyridine rings is 1. The van der Waals surface area contributed by atoms with E-state index in [1.54, 1.807) is 24.3 Å². The summed E-state index contributed by atoms with van der Waals surface area (Å²) in [7, 11) is 0. The van der Waals surface area contributed by atoms with Crippen molar-refractivity contribution in [2.75, 3.05) is 0 Å². The number of carbonyl (C=O) groups excluding carboxylic acids is 2. The Labute approximate surface area is 133 Å². The average molecular weight is 315 g/mol. The van der Waals surface area contributed by atoms with Crippen molar-refractivity contribution in [3.8, 4) is 5.75 Å². The zero-order chi connectivity index (χ0) is 16.8. The molecule has 1 heterocycles. The molecule has 7 nitrogen and oxygen atoms in total. The van der Waals surface area contributed by atoms with E-state index in [4.69, 9.17) is 4.74 Å². The van der Waals surface area contributed by atoms with Crippen LogP contribution < -0.4 is 20.3 Å². The summed E-state index contributed by atoms with van der Waals surface area (Å²) in [5.74, 6) is -0.395. The van der Waals surface area contributed by atoms with Crippen molar-refractivity contribution in [1.29, 1.82) is 0 Å². The lowest BCUT2D eigenvalue weighted by molar-refractivity contribution is -0.605. The summed E-state index contributed by atoms with van der Waals surface area (Å²) in [5.41, 5.74) is 5.05. The number of carbonyl (C=O) groups is 2. The number of nitrogens with one attached hydrogen (secondary N) is 2. The molecule has 1 aromatic carbocycles. The lowest BCUT2D eigenvalue weighted by atomic mass is 10.2. The molecule has 0 saturated heterocycles. The predicted octanol–water partition coefficient (Wildman–Crippen LogP) is 1.18. The molecule has 0 saturated carbocycles. The highest BCUT2D eigenvalue weighted by atomic mass is 16.5. The predicted molar refractivity (Wildman–Crippen MR) is 82.5 cm³/mol. The quantitative estimate of drug-likeness (QED) is 0.503. The Hall–Kier alpha value is -3.09. The smallest absolute Gasteiger partial charge is 0.275 e. The molecule has 7 heteroatoms. The monoisotopic (exact) mass is 315 g/mol. The van der Waals surface area contributed by atoms with Gasteiger partial charge in [-0.15, -0.1) is 0 Å². The summed E-state index contributed by atoms with van der Waals surface area (Å²) in [6.07, 6.45) is 2.42. The van der Waals surface area contributed by atoms with E-state index in [-0.39, 0.29) is 11.7 Å². The highest BCUT2D eigenvalue weighted by Crippen LogP contribution is 2.13. The lowest BCUT2D eigenvalue weighted by Crippen LogP contribution is -2.42. The Morgan fingerprint density at radius 1 is 1.04 bits per heavy atom. The molecule has 0 bridgehead atoms. The maximum atomic E-state index is 11.9. The number of aromatic nitrogens is 1. The maximum Gasteiger partial charge on any atom is 0.275 e. The summed E-state index contributed by atoms with van der Waals surface area (Å²) in [6, 6.07) is 9.44. The van der Waals surface area contributed by atoms with E-state index < -0.39 is 11.8 Å². The molecule has 0 unspecified atom stereocenters. The summed E-state index contributed by atoms with van der Waals surface area (Å²) in [5, 5.41) is 11.1. The highest BCUT2D eigenvalue weighted by molar-refractivity contribution is 5.98. The van der Waals surface area contributed by atoms with Crippen LogP contribution in [-0.4, -0.2) is 17.9 Å². The van der Waals surface area contributed by atoms with Crippen LogP contribution in [0.25, 0.3) is 0 Å². The van der Waals surface area contributed by atoms with Crippen LogP contribution in [0.2, 0.25) is 0 Å². The van der Waals surface area contributed by atoms with E-state index in [0.717, 1.165) is 6.20 Å². The maximum absolute atomic E-state index is 11.9. The van der Waals surface area contributed by atoms with Gasteiger partial charge in [0.05, 0.1) is 6.10 Å². The fourth-order valence-electron chi connectivity index (χ4n) is 1.80. The minimum atomic E-state index is -0.580. The Kier molecular flexibility index (Phi) is 5.14. The number of ether oxygens (including phenoxy) is 1. The fourth-order valence-corrected chi connectivity index (χ4v) is 1.80. The van der Waals surface area contributed by atoms with E-state index >= 15 is 0 Å². The molecule has 0 aliphatic carbocycles. The summed E-state index contributed by atoms with van der Waals surface area (Å²) < 4.78 is 5.99. The van der Waals surface area contributed by atoms with E-state index in [2.05, 4.69) is 10.9 Å². The number of hydrogen-bond acceptors (Lipinski definition) is 4. The van der Waals surface area contributed by atoms with E-state index in [1.165, 1.54) is 18.3 Å². The Bertz CT molecular complexity index is 699. The van der Waals surface area contributed by atoms with Gasteiger partial charge in [0, 0.05) is 11.6 Å². The van der Waals surface area contributed by atoms with Crippen molar-refractivity contribution in [3.63, 3.8) is 0 Å². The minimum absolute atomic E-state index is 0.0450. The topological polar surface area (TPSA) is 94.4 Å². The number of hydrogen-bond donors (Lipinski definition) is 2. The molecule has 0 aliphatic rings. The van der Waals surface area contributed by atoms with Crippen molar-refractivity contribution < 1.29 is 19.1 Å². The molecule has 2 amide bonds.